The fourth-order valence-corrected chi connectivity index (χ4v) is 2.63. The lowest BCUT2D eigenvalue weighted by Gasteiger charge is -2.04. The number of carbonyl (C=O) groups is 1. The lowest BCUT2D eigenvalue weighted by Crippen LogP contribution is -2.17. The Morgan fingerprint density at radius 2 is 2.07 bits per heavy atom. The smallest absolute Gasteiger partial charge is 0.271 e. The Labute approximate surface area is 164 Å². The van der Waals surface area contributed by atoms with Crippen LogP contribution in [0.4, 0.5) is 5.69 Å². The molecule has 0 aliphatic carbocycles. The van der Waals surface area contributed by atoms with Crippen molar-refractivity contribution in [2.45, 2.75) is 0 Å². The number of nitrogens with zero attached hydrogens (tertiary/aromatic N) is 2. The quantitative estimate of drug-likeness (QED) is 0.378. The Morgan fingerprint density at radius 3 is 2.79 bits per heavy atom. The molecular weight excluding hydrogens is 386 g/mol. The van der Waals surface area contributed by atoms with Gasteiger partial charge in [-0.15, -0.1) is 0 Å². The van der Waals surface area contributed by atoms with Crippen LogP contribution >= 0.6 is 11.6 Å². The van der Waals surface area contributed by atoms with Crippen molar-refractivity contribution in [3.8, 4) is 17.1 Å². The second-order valence-electron chi connectivity index (χ2n) is 5.56. The van der Waals surface area contributed by atoms with Gasteiger partial charge in [-0.05, 0) is 36.4 Å². The summed E-state index contributed by atoms with van der Waals surface area (Å²) in [6.45, 7) is 0. The van der Waals surface area contributed by atoms with E-state index in [1.807, 2.05) is 0 Å². The minimum absolute atomic E-state index is 0.124. The number of furan rings is 1. The van der Waals surface area contributed by atoms with Crippen LogP contribution in [-0.2, 0) is 0 Å². The van der Waals surface area contributed by atoms with Gasteiger partial charge in [0.1, 0.15) is 17.3 Å². The van der Waals surface area contributed by atoms with E-state index in [-0.39, 0.29) is 11.3 Å². The van der Waals surface area contributed by atoms with E-state index in [0.29, 0.717) is 22.3 Å². The maximum absolute atomic E-state index is 12.0. The number of carbonyl (C=O) groups excluding carboxylic acids is 1. The highest BCUT2D eigenvalue weighted by Crippen LogP contribution is 2.30. The van der Waals surface area contributed by atoms with Gasteiger partial charge in [0.15, 0.2) is 0 Å². The normalized spacial score (nSPS) is 10.8. The second-order valence-corrected chi connectivity index (χ2v) is 5.97. The van der Waals surface area contributed by atoms with E-state index < -0.39 is 10.8 Å². The van der Waals surface area contributed by atoms with Crippen LogP contribution in [0, 0.1) is 10.1 Å². The van der Waals surface area contributed by atoms with Crippen molar-refractivity contribution < 1.29 is 18.9 Å². The molecular formula is C19H14ClN3O5. The van der Waals surface area contributed by atoms with Crippen molar-refractivity contribution in [3.05, 3.63) is 81.1 Å². The van der Waals surface area contributed by atoms with Crippen LogP contribution in [-0.4, -0.2) is 24.2 Å². The SMILES string of the molecule is COc1ccc(-c2ccc(/C=N\NC(=O)c3cccc([N+](=O)[O-])c3)o2)cc1Cl. The Kier molecular flexibility index (Phi) is 5.71. The van der Waals surface area contributed by atoms with Crippen LogP contribution in [0.5, 0.6) is 5.75 Å². The predicted octanol–water partition coefficient (Wildman–Crippen LogP) is 4.28. The van der Waals surface area contributed by atoms with Gasteiger partial charge in [0.25, 0.3) is 11.6 Å². The number of hydrogen-bond acceptors (Lipinski definition) is 6. The minimum atomic E-state index is -0.575. The predicted molar refractivity (Wildman–Crippen MR) is 104 cm³/mol. The zero-order valence-corrected chi connectivity index (χ0v) is 15.3. The molecule has 8 nitrogen and oxygen atoms in total. The minimum Gasteiger partial charge on any atom is -0.495 e. The van der Waals surface area contributed by atoms with Crippen molar-refractivity contribution >= 4 is 29.4 Å². The first-order valence-corrected chi connectivity index (χ1v) is 8.37. The number of methoxy groups -OCH3 is 1. The number of halogens is 1. The van der Waals surface area contributed by atoms with Gasteiger partial charge in [0, 0.05) is 23.3 Å². The van der Waals surface area contributed by atoms with E-state index >= 15 is 0 Å². The third-order valence-corrected chi connectivity index (χ3v) is 4.04. The highest BCUT2D eigenvalue weighted by molar-refractivity contribution is 6.32. The summed E-state index contributed by atoms with van der Waals surface area (Å²) in [5.74, 6) is 0.952. The number of non-ortho nitro benzene ring substituents is 1. The number of ether oxygens (including phenoxy) is 1. The van der Waals surface area contributed by atoms with Crippen molar-refractivity contribution in [1.29, 1.82) is 0 Å². The third kappa shape index (κ3) is 4.36. The van der Waals surface area contributed by atoms with Crippen LogP contribution < -0.4 is 10.2 Å². The fourth-order valence-electron chi connectivity index (χ4n) is 2.38. The molecule has 0 saturated heterocycles. The summed E-state index contributed by atoms with van der Waals surface area (Å²) in [5, 5.41) is 15.0. The topological polar surface area (TPSA) is 107 Å². The summed E-state index contributed by atoms with van der Waals surface area (Å²) < 4.78 is 10.8. The summed E-state index contributed by atoms with van der Waals surface area (Å²) >= 11 is 6.11. The summed E-state index contributed by atoms with van der Waals surface area (Å²) in [7, 11) is 1.53. The van der Waals surface area contributed by atoms with Crippen LogP contribution in [0.15, 0.2) is 64.1 Å². The number of hydrazone groups is 1. The number of rotatable bonds is 6. The first-order valence-electron chi connectivity index (χ1n) is 7.99. The average molecular weight is 400 g/mol. The zero-order valence-electron chi connectivity index (χ0n) is 14.6. The first kappa shape index (κ1) is 19.1. The number of benzene rings is 2. The van der Waals surface area contributed by atoms with E-state index in [2.05, 4.69) is 10.5 Å². The van der Waals surface area contributed by atoms with Crippen LogP contribution in [0.1, 0.15) is 16.1 Å². The molecule has 0 atom stereocenters. The number of amides is 1. The molecule has 0 radical (unpaired) electrons. The van der Waals surface area contributed by atoms with Gasteiger partial charge in [0.2, 0.25) is 0 Å². The van der Waals surface area contributed by atoms with Gasteiger partial charge >= 0.3 is 0 Å². The molecule has 1 heterocycles. The Hall–Kier alpha value is -3.65. The molecule has 0 aliphatic rings. The highest BCUT2D eigenvalue weighted by atomic mass is 35.5. The molecule has 3 rings (SSSR count). The molecule has 142 valence electrons. The molecule has 1 amide bonds. The van der Waals surface area contributed by atoms with E-state index in [4.69, 9.17) is 20.8 Å². The van der Waals surface area contributed by atoms with Crippen LogP contribution in [0.25, 0.3) is 11.3 Å². The average Bonchev–Trinajstić information content (AvgIpc) is 3.17. The van der Waals surface area contributed by atoms with E-state index in [0.717, 1.165) is 5.56 Å². The van der Waals surface area contributed by atoms with Gasteiger partial charge in [-0.3, -0.25) is 14.9 Å². The maximum atomic E-state index is 12.0. The first-order chi connectivity index (χ1) is 13.5. The van der Waals surface area contributed by atoms with E-state index in [1.54, 1.807) is 30.3 Å². The Bertz CT molecular complexity index is 1060. The number of nitrogens with one attached hydrogen (secondary N) is 1. The Balaban J connectivity index is 1.67. The van der Waals surface area contributed by atoms with Crippen LogP contribution in [0.2, 0.25) is 5.02 Å². The summed E-state index contributed by atoms with van der Waals surface area (Å²) in [5.41, 5.74) is 3.00. The van der Waals surface area contributed by atoms with Gasteiger partial charge in [-0.1, -0.05) is 17.7 Å². The summed E-state index contributed by atoms with van der Waals surface area (Å²) in [6, 6.07) is 14.0. The lowest BCUT2D eigenvalue weighted by molar-refractivity contribution is -0.384. The largest absolute Gasteiger partial charge is 0.495 e. The molecule has 3 aromatic rings. The molecule has 0 saturated carbocycles. The highest BCUT2D eigenvalue weighted by Gasteiger charge is 2.11. The van der Waals surface area contributed by atoms with E-state index in [1.165, 1.54) is 37.6 Å². The van der Waals surface area contributed by atoms with Gasteiger partial charge in [0.05, 0.1) is 23.3 Å². The molecule has 1 N–H and O–H groups in total. The van der Waals surface area contributed by atoms with E-state index in [9.17, 15) is 14.9 Å². The molecule has 28 heavy (non-hydrogen) atoms. The van der Waals surface area contributed by atoms with Crippen molar-refractivity contribution in [2.24, 2.45) is 5.10 Å². The van der Waals surface area contributed by atoms with Crippen molar-refractivity contribution in [3.63, 3.8) is 0 Å². The molecule has 0 unspecified atom stereocenters. The number of nitro groups is 1. The number of nitro benzene ring substituents is 1. The standard InChI is InChI=1S/C19H14ClN3O5/c1-27-18-7-5-12(10-16(18)20)17-8-6-15(28-17)11-21-22-19(24)13-3-2-4-14(9-13)23(25)26/h2-11H,1H3,(H,22,24)/b21-11-. The summed E-state index contributed by atoms with van der Waals surface area (Å²) in [4.78, 5) is 22.2. The molecule has 0 aliphatic heterocycles. The lowest BCUT2D eigenvalue weighted by atomic mass is 10.2. The van der Waals surface area contributed by atoms with Gasteiger partial charge < -0.3 is 9.15 Å². The molecule has 0 bridgehead atoms. The number of hydrogen-bond donors (Lipinski definition) is 1. The molecule has 2 aromatic carbocycles. The summed E-state index contributed by atoms with van der Waals surface area (Å²) in [6.07, 6.45) is 1.32. The van der Waals surface area contributed by atoms with Crippen molar-refractivity contribution in [2.75, 3.05) is 7.11 Å². The zero-order chi connectivity index (χ0) is 20.1. The second kappa shape index (κ2) is 8.36. The third-order valence-electron chi connectivity index (χ3n) is 3.74. The monoisotopic (exact) mass is 399 g/mol. The fraction of sp³-hybridized carbons (Fsp3) is 0.0526. The van der Waals surface area contributed by atoms with Gasteiger partial charge in [-0.25, -0.2) is 5.43 Å². The Morgan fingerprint density at radius 1 is 1.25 bits per heavy atom. The van der Waals surface area contributed by atoms with Crippen LogP contribution in [0.3, 0.4) is 0 Å². The van der Waals surface area contributed by atoms with Crippen molar-refractivity contribution in [1.82, 2.24) is 5.43 Å². The molecule has 1 aromatic heterocycles. The molecule has 0 spiro atoms. The van der Waals surface area contributed by atoms with Gasteiger partial charge in [-0.2, -0.15) is 5.10 Å². The maximum Gasteiger partial charge on any atom is 0.271 e. The molecule has 0 fully saturated rings. The molecule has 9 heteroatoms.